The zero-order valence-electron chi connectivity index (χ0n) is 9.60. The van der Waals surface area contributed by atoms with Crippen molar-refractivity contribution >= 4 is 0 Å². The smallest absolute Gasteiger partial charge is 0.0274 e. The largest absolute Gasteiger partial charge is 0.133 e. The van der Waals surface area contributed by atoms with Gasteiger partial charge in [0.2, 0.25) is 0 Å². The van der Waals surface area contributed by atoms with Crippen LogP contribution < -0.4 is 0 Å². The third kappa shape index (κ3) is 11.3. The monoisotopic (exact) mass is 192 g/mol. The van der Waals surface area contributed by atoms with Crippen LogP contribution in [0.4, 0.5) is 0 Å². The Kier molecular flexibility index (Phi) is 11.6. The Hall–Kier alpha value is -0.740. The molecule has 0 aliphatic carbocycles. The lowest BCUT2D eigenvalue weighted by Crippen LogP contribution is -1.73. The molecule has 0 aromatic carbocycles. The maximum absolute atomic E-state index is 3.54. The third-order valence-electron chi connectivity index (χ3n) is 2.25. The molecule has 0 aromatic rings. The summed E-state index contributed by atoms with van der Waals surface area (Å²) in [6.45, 7) is 5.79. The summed E-state index contributed by atoms with van der Waals surface area (Å²) in [6, 6.07) is 0. The normalized spacial score (nSPS) is 10.4. The van der Waals surface area contributed by atoms with Gasteiger partial charge in [-0.3, -0.25) is 0 Å². The molecule has 0 saturated heterocycles. The van der Waals surface area contributed by atoms with Gasteiger partial charge in [-0.05, 0) is 44.6 Å². The number of rotatable bonds is 9. The van der Waals surface area contributed by atoms with Crippen molar-refractivity contribution in [3.05, 3.63) is 30.5 Å². The second-order valence-electron chi connectivity index (χ2n) is 3.66. The van der Waals surface area contributed by atoms with Crippen molar-refractivity contribution in [2.75, 3.05) is 0 Å². The molecule has 0 radical (unpaired) electrons. The lowest BCUT2D eigenvalue weighted by Gasteiger charge is -1.93. The molecular formula is C14H24. The summed E-state index contributed by atoms with van der Waals surface area (Å²) in [5.74, 6) is 0. The van der Waals surface area contributed by atoms with Gasteiger partial charge >= 0.3 is 0 Å². The van der Waals surface area contributed by atoms with Gasteiger partial charge in [-0.25, -0.2) is 0 Å². The van der Waals surface area contributed by atoms with Gasteiger partial charge in [0.15, 0.2) is 0 Å². The second kappa shape index (κ2) is 12.3. The van der Waals surface area contributed by atoms with E-state index in [4.69, 9.17) is 0 Å². The van der Waals surface area contributed by atoms with Crippen molar-refractivity contribution in [1.29, 1.82) is 0 Å². The molecule has 0 bridgehead atoms. The summed E-state index contributed by atoms with van der Waals surface area (Å²) in [4.78, 5) is 0. The van der Waals surface area contributed by atoms with Crippen molar-refractivity contribution < 1.29 is 0 Å². The molecule has 0 unspecified atom stereocenters. The van der Waals surface area contributed by atoms with Gasteiger partial charge in [0.05, 0.1) is 0 Å². The van der Waals surface area contributed by atoms with Crippen LogP contribution in [0.25, 0.3) is 0 Å². The van der Waals surface area contributed by atoms with Crippen LogP contribution in [0, 0.1) is 0 Å². The Labute approximate surface area is 89.4 Å². The minimum atomic E-state index is 1.13. The van der Waals surface area contributed by atoms with Crippen molar-refractivity contribution in [3.8, 4) is 0 Å². The average Bonchev–Trinajstić information content (AvgIpc) is 2.21. The molecule has 0 amide bonds. The molecule has 0 aromatic heterocycles. The molecule has 0 N–H and O–H groups in total. The Morgan fingerprint density at radius 2 is 1.50 bits per heavy atom. The van der Waals surface area contributed by atoms with Crippen molar-refractivity contribution in [3.63, 3.8) is 0 Å². The highest BCUT2D eigenvalue weighted by Gasteiger charge is 1.84. The second-order valence-corrected chi connectivity index (χ2v) is 3.66. The Balaban J connectivity index is 3.06. The molecule has 0 heterocycles. The van der Waals surface area contributed by atoms with Crippen LogP contribution in [0.5, 0.6) is 0 Å². The lowest BCUT2D eigenvalue weighted by molar-refractivity contribution is 0.723. The van der Waals surface area contributed by atoms with Gasteiger partial charge < -0.3 is 0 Å². The van der Waals surface area contributed by atoms with Gasteiger partial charge in [0, 0.05) is 0 Å². The molecule has 0 aliphatic heterocycles. The minimum absolute atomic E-state index is 1.13. The van der Waals surface area contributed by atoms with Gasteiger partial charge in [0.1, 0.15) is 0 Å². The summed E-state index contributed by atoms with van der Waals surface area (Å²) in [5.41, 5.74) is 2.80. The number of unbranched alkanes of at least 4 members (excludes halogenated alkanes) is 6. The molecule has 0 atom stereocenters. The minimum Gasteiger partial charge on any atom is -0.133 e. The first-order chi connectivity index (χ1) is 6.91. The van der Waals surface area contributed by atoms with Crippen LogP contribution in [-0.4, -0.2) is 0 Å². The first-order valence-corrected chi connectivity index (χ1v) is 5.91. The van der Waals surface area contributed by atoms with E-state index in [9.17, 15) is 0 Å². The topological polar surface area (TPSA) is 0 Å². The maximum atomic E-state index is 3.54. The molecule has 0 nitrogen and oxygen atoms in total. The summed E-state index contributed by atoms with van der Waals surface area (Å²) >= 11 is 0. The van der Waals surface area contributed by atoms with Gasteiger partial charge in [-0.1, -0.05) is 38.5 Å². The Morgan fingerprint density at radius 1 is 0.929 bits per heavy atom. The van der Waals surface area contributed by atoms with Crippen LogP contribution >= 0.6 is 0 Å². The fraction of sp³-hybridized carbons (Fsp3) is 0.643. The third-order valence-corrected chi connectivity index (χ3v) is 2.25. The van der Waals surface area contributed by atoms with Crippen LogP contribution in [0.1, 0.15) is 58.3 Å². The quantitative estimate of drug-likeness (QED) is 0.273. The highest BCUT2D eigenvalue weighted by Crippen LogP contribution is 2.04. The predicted octanol–water partition coefficient (Wildman–Crippen LogP) is 5.02. The fourth-order valence-electron chi connectivity index (χ4n) is 1.36. The van der Waals surface area contributed by atoms with E-state index in [1.807, 2.05) is 6.08 Å². The van der Waals surface area contributed by atoms with Gasteiger partial charge in [0.25, 0.3) is 0 Å². The zero-order valence-corrected chi connectivity index (χ0v) is 9.60. The van der Waals surface area contributed by atoms with E-state index in [0.29, 0.717) is 0 Å². The Morgan fingerprint density at radius 3 is 2.07 bits per heavy atom. The maximum Gasteiger partial charge on any atom is -0.0274 e. The summed E-state index contributed by atoms with van der Waals surface area (Å²) in [5, 5.41) is 0. The van der Waals surface area contributed by atoms with E-state index in [1.165, 1.54) is 44.9 Å². The van der Waals surface area contributed by atoms with E-state index < -0.39 is 0 Å². The lowest BCUT2D eigenvalue weighted by atomic mass is 10.1. The highest BCUT2D eigenvalue weighted by atomic mass is 13.9. The summed E-state index contributed by atoms with van der Waals surface area (Å²) in [6.07, 6.45) is 16.9. The SMILES string of the molecule is C=C=CCCCCC=CCCCCC. The molecule has 0 rings (SSSR count). The Bertz CT molecular complexity index is 170. The molecule has 0 spiro atoms. The van der Waals surface area contributed by atoms with Gasteiger partial charge in [-0.2, -0.15) is 0 Å². The predicted molar refractivity (Wildman–Crippen MR) is 65.5 cm³/mol. The van der Waals surface area contributed by atoms with Crippen LogP contribution in [0.15, 0.2) is 30.5 Å². The fourth-order valence-corrected chi connectivity index (χ4v) is 1.36. The molecule has 0 aliphatic rings. The first kappa shape index (κ1) is 13.3. The van der Waals surface area contributed by atoms with E-state index in [2.05, 4.69) is 31.4 Å². The standard InChI is InChI=1S/C14H24/c1-3-5-7-9-11-13-14-12-10-8-6-4-2/h5,12,14H,1,4,6-11,13H2,2H3. The number of hydrogen-bond acceptors (Lipinski definition) is 0. The summed E-state index contributed by atoms with van der Waals surface area (Å²) in [7, 11) is 0. The van der Waals surface area contributed by atoms with E-state index in [1.54, 1.807) is 0 Å². The summed E-state index contributed by atoms with van der Waals surface area (Å²) < 4.78 is 0. The number of hydrogen-bond donors (Lipinski definition) is 0. The molecule has 0 fully saturated rings. The number of allylic oxidation sites excluding steroid dienone is 3. The van der Waals surface area contributed by atoms with Crippen LogP contribution in [-0.2, 0) is 0 Å². The zero-order chi connectivity index (χ0) is 10.5. The molecular weight excluding hydrogens is 168 g/mol. The molecule has 14 heavy (non-hydrogen) atoms. The van der Waals surface area contributed by atoms with Crippen LogP contribution in [0.2, 0.25) is 0 Å². The van der Waals surface area contributed by atoms with Crippen LogP contribution in [0.3, 0.4) is 0 Å². The van der Waals surface area contributed by atoms with Crippen molar-refractivity contribution in [2.45, 2.75) is 58.3 Å². The molecule has 80 valence electrons. The van der Waals surface area contributed by atoms with E-state index >= 15 is 0 Å². The average molecular weight is 192 g/mol. The first-order valence-electron chi connectivity index (χ1n) is 5.91. The molecule has 0 heteroatoms. The van der Waals surface area contributed by atoms with Gasteiger partial charge in [-0.15, -0.1) is 5.73 Å². The van der Waals surface area contributed by atoms with E-state index in [-0.39, 0.29) is 0 Å². The molecule has 0 saturated carbocycles. The van der Waals surface area contributed by atoms with E-state index in [0.717, 1.165) is 6.42 Å². The van der Waals surface area contributed by atoms with Crippen molar-refractivity contribution in [2.24, 2.45) is 0 Å². The van der Waals surface area contributed by atoms with Crippen molar-refractivity contribution in [1.82, 2.24) is 0 Å². The highest BCUT2D eigenvalue weighted by molar-refractivity contribution is 4.82.